The molecule has 0 saturated heterocycles. The Balaban J connectivity index is 0.00000484. The van der Waals surface area contributed by atoms with Crippen LogP contribution in [-0.2, 0) is 18.3 Å². The number of hydrogen-bond donors (Lipinski definition) is 2. The zero-order chi connectivity index (χ0) is 16.4. The minimum absolute atomic E-state index is 0. The number of aryl methyl sites for hydroxylation is 1. The normalized spacial score (nSPS) is 12.0. The van der Waals surface area contributed by atoms with E-state index in [4.69, 9.17) is 0 Å². The molecular weight excluding hydrogens is 426 g/mol. The third-order valence-corrected chi connectivity index (χ3v) is 2.69. The first kappa shape index (κ1) is 22.0. The number of hydrogen-bond acceptors (Lipinski definition) is 3. The summed E-state index contributed by atoms with van der Waals surface area (Å²) in [5.41, 5.74) is 0.964. The molecule has 0 fully saturated rings. The van der Waals surface area contributed by atoms with Crippen molar-refractivity contribution < 1.29 is 17.9 Å². The third-order valence-electron chi connectivity index (χ3n) is 2.69. The van der Waals surface area contributed by atoms with Gasteiger partial charge in [0.05, 0.1) is 12.2 Å². The van der Waals surface area contributed by atoms with Crippen molar-refractivity contribution in [2.24, 2.45) is 12.0 Å². The van der Waals surface area contributed by atoms with Gasteiger partial charge in [0.1, 0.15) is 6.61 Å². The van der Waals surface area contributed by atoms with Crippen molar-refractivity contribution in [1.29, 1.82) is 0 Å². The SMILES string of the molecule is CCNC(=NCc1ccnn1C)NCCCOCC(F)(F)F.I. The Hall–Kier alpha value is -1.04. The van der Waals surface area contributed by atoms with E-state index < -0.39 is 12.8 Å². The average molecular weight is 449 g/mol. The van der Waals surface area contributed by atoms with E-state index in [0.29, 0.717) is 32.0 Å². The maximum atomic E-state index is 11.9. The van der Waals surface area contributed by atoms with Crippen LogP contribution in [-0.4, -0.2) is 48.2 Å². The zero-order valence-electron chi connectivity index (χ0n) is 13.2. The first-order valence-electron chi connectivity index (χ1n) is 7.06. The van der Waals surface area contributed by atoms with Gasteiger partial charge >= 0.3 is 6.18 Å². The number of guanidine groups is 1. The van der Waals surface area contributed by atoms with Crippen molar-refractivity contribution in [1.82, 2.24) is 20.4 Å². The lowest BCUT2D eigenvalue weighted by atomic mass is 10.4. The number of halogens is 4. The molecule has 1 aromatic heterocycles. The molecular formula is C13H23F3IN5O. The second kappa shape index (κ2) is 11.5. The molecule has 0 spiro atoms. The molecule has 23 heavy (non-hydrogen) atoms. The molecule has 0 unspecified atom stereocenters. The van der Waals surface area contributed by atoms with Gasteiger partial charge in [-0.3, -0.25) is 4.68 Å². The van der Waals surface area contributed by atoms with Crippen molar-refractivity contribution in [2.45, 2.75) is 26.1 Å². The fourth-order valence-corrected chi connectivity index (χ4v) is 1.63. The smallest absolute Gasteiger partial charge is 0.372 e. The maximum absolute atomic E-state index is 11.9. The second-order valence-corrected chi connectivity index (χ2v) is 4.59. The number of nitrogens with zero attached hydrogens (tertiary/aromatic N) is 3. The van der Waals surface area contributed by atoms with E-state index in [2.05, 4.69) is 25.5 Å². The lowest BCUT2D eigenvalue weighted by molar-refractivity contribution is -0.173. The highest BCUT2D eigenvalue weighted by molar-refractivity contribution is 14.0. The first-order chi connectivity index (χ1) is 10.4. The van der Waals surface area contributed by atoms with Crippen LogP contribution in [0.4, 0.5) is 13.2 Å². The Kier molecular flexibility index (Phi) is 11.0. The summed E-state index contributed by atoms with van der Waals surface area (Å²) < 4.78 is 41.9. The van der Waals surface area contributed by atoms with E-state index in [-0.39, 0.29) is 30.6 Å². The van der Waals surface area contributed by atoms with Gasteiger partial charge in [-0.05, 0) is 19.4 Å². The highest BCUT2D eigenvalue weighted by Crippen LogP contribution is 2.14. The highest BCUT2D eigenvalue weighted by atomic mass is 127. The van der Waals surface area contributed by atoms with Gasteiger partial charge < -0.3 is 15.4 Å². The van der Waals surface area contributed by atoms with Gasteiger partial charge in [0, 0.05) is 32.9 Å². The molecule has 0 aliphatic carbocycles. The molecule has 0 aromatic carbocycles. The second-order valence-electron chi connectivity index (χ2n) is 4.59. The minimum Gasteiger partial charge on any atom is -0.372 e. The number of alkyl halides is 3. The molecule has 0 bridgehead atoms. The summed E-state index contributed by atoms with van der Waals surface area (Å²) in [6.07, 6.45) is -2.11. The van der Waals surface area contributed by atoms with Gasteiger partial charge in [-0.15, -0.1) is 24.0 Å². The van der Waals surface area contributed by atoms with Crippen LogP contribution in [0, 0.1) is 0 Å². The molecule has 2 N–H and O–H groups in total. The molecule has 1 heterocycles. The fourth-order valence-electron chi connectivity index (χ4n) is 1.63. The van der Waals surface area contributed by atoms with Crippen molar-refractivity contribution in [3.8, 4) is 0 Å². The van der Waals surface area contributed by atoms with Crippen LogP contribution in [0.2, 0.25) is 0 Å². The molecule has 0 aliphatic heterocycles. The Labute approximate surface area is 150 Å². The zero-order valence-corrected chi connectivity index (χ0v) is 15.5. The monoisotopic (exact) mass is 449 g/mol. The predicted octanol–water partition coefficient (Wildman–Crippen LogP) is 2.06. The highest BCUT2D eigenvalue weighted by Gasteiger charge is 2.27. The summed E-state index contributed by atoms with van der Waals surface area (Å²) in [4.78, 5) is 4.39. The van der Waals surface area contributed by atoms with Crippen LogP contribution in [0.15, 0.2) is 17.3 Å². The molecule has 6 nitrogen and oxygen atoms in total. The van der Waals surface area contributed by atoms with Crippen LogP contribution in [0.5, 0.6) is 0 Å². The summed E-state index contributed by atoms with van der Waals surface area (Å²) in [6, 6.07) is 1.87. The van der Waals surface area contributed by atoms with E-state index in [9.17, 15) is 13.2 Å². The molecule has 0 atom stereocenters. The average Bonchev–Trinajstić information content (AvgIpc) is 2.84. The van der Waals surface area contributed by atoms with Gasteiger partial charge in [0.2, 0.25) is 0 Å². The van der Waals surface area contributed by atoms with E-state index in [1.165, 1.54) is 0 Å². The Morgan fingerprint density at radius 3 is 2.70 bits per heavy atom. The van der Waals surface area contributed by atoms with Gasteiger partial charge in [0.15, 0.2) is 5.96 Å². The summed E-state index contributed by atoms with van der Waals surface area (Å²) in [5.74, 6) is 0.611. The summed E-state index contributed by atoms with van der Waals surface area (Å²) >= 11 is 0. The Bertz CT molecular complexity index is 465. The van der Waals surface area contributed by atoms with Crippen LogP contribution in [0.25, 0.3) is 0 Å². The largest absolute Gasteiger partial charge is 0.411 e. The standard InChI is InChI=1S/C13H22F3N5O.HI/c1-3-17-12(19-9-11-5-7-20-21(11)2)18-6-4-8-22-10-13(14,15)16;/h5,7H,3-4,6,8-10H2,1-2H3,(H2,17,18,19);1H. The van der Waals surface area contributed by atoms with Crippen LogP contribution in [0.3, 0.4) is 0 Å². The molecule has 10 heteroatoms. The van der Waals surface area contributed by atoms with Crippen LogP contribution >= 0.6 is 24.0 Å². The van der Waals surface area contributed by atoms with Gasteiger partial charge in [-0.25, -0.2) is 4.99 Å². The van der Waals surface area contributed by atoms with Gasteiger partial charge in [0.25, 0.3) is 0 Å². The molecule has 1 rings (SSSR count). The lowest BCUT2D eigenvalue weighted by Gasteiger charge is -2.12. The fraction of sp³-hybridized carbons (Fsp3) is 0.692. The van der Waals surface area contributed by atoms with Gasteiger partial charge in [-0.1, -0.05) is 0 Å². The molecule has 0 amide bonds. The molecule has 0 aliphatic rings. The van der Waals surface area contributed by atoms with Gasteiger partial charge in [-0.2, -0.15) is 18.3 Å². The van der Waals surface area contributed by atoms with Crippen molar-refractivity contribution in [3.05, 3.63) is 18.0 Å². The summed E-state index contributed by atoms with van der Waals surface area (Å²) in [7, 11) is 1.84. The van der Waals surface area contributed by atoms with E-state index in [1.807, 2.05) is 20.0 Å². The van der Waals surface area contributed by atoms with E-state index >= 15 is 0 Å². The topological polar surface area (TPSA) is 63.5 Å². The number of ether oxygens (including phenoxy) is 1. The van der Waals surface area contributed by atoms with Crippen LogP contribution in [0.1, 0.15) is 19.0 Å². The number of rotatable bonds is 8. The number of aromatic nitrogens is 2. The van der Waals surface area contributed by atoms with Crippen molar-refractivity contribution in [3.63, 3.8) is 0 Å². The van der Waals surface area contributed by atoms with Crippen molar-refractivity contribution in [2.75, 3.05) is 26.3 Å². The number of nitrogens with one attached hydrogen (secondary N) is 2. The quantitative estimate of drug-likeness (QED) is 0.276. The van der Waals surface area contributed by atoms with E-state index in [1.54, 1.807) is 10.9 Å². The summed E-state index contributed by atoms with van der Waals surface area (Å²) in [5, 5.41) is 10.2. The molecule has 134 valence electrons. The van der Waals surface area contributed by atoms with Crippen LogP contribution < -0.4 is 10.6 Å². The van der Waals surface area contributed by atoms with Crippen molar-refractivity contribution >= 4 is 29.9 Å². The molecule has 0 saturated carbocycles. The minimum atomic E-state index is -4.27. The predicted molar refractivity (Wildman–Crippen MR) is 92.9 cm³/mol. The first-order valence-corrected chi connectivity index (χ1v) is 7.06. The molecule has 1 aromatic rings. The Morgan fingerprint density at radius 1 is 1.39 bits per heavy atom. The lowest BCUT2D eigenvalue weighted by Crippen LogP contribution is -2.38. The summed E-state index contributed by atoms with van der Waals surface area (Å²) in [6.45, 7) is 2.43. The Morgan fingerprint density at radius 2 is 2.13 bits per heavy atom. The third kappa shape index (κ3) is 10.4. The van der Waals surface area contributed by atoms with E-state index in [0.717, 1.165) is 5.69 Å². The molecule has 0 radical (unpaired) electrons. The number of aliphatic imine (C=N–C) groups is 1. The maximum Gasteiger partial charge on any atom is 0.411 e.